The molecule has 0 aliphatic carbocycles. The maximum absolute atomic E-state index is 12.5. The maximum atomic E-state index is 12.5. The van der Waals surface area contributed by atoms with Gasteiger partial charge in [0.15, 0.2) is 17.3 Å². The normalized spacial score (nSPS) is 17.6. The van der Waals surface area contributed by atoms with E-state index < -0.39 is 0 Å². The Morgan fingerprint density at radius 1 is 1.13 bits per heavy atom. The standard InChI is InChI=1S/C25H28N2O4/c1-17-7-4-5-8-19(17)16-27-11-10-18-13-23(29-2)24(30-3)14-20(18)21(27)15-26-25(28)22-9-6-12-31-22/h4-9,12-14,21H,10-11,15-16H2,1-3H3,(H,26,28)/p+1/t21-/m1/s1. The monoisotopic (exact) mass is 421 g/mol. The number of nitrogens with one attached hydrogen (secondary N) is 2. The summed E-state index contributed by atoms with van der Waals surface area (Å²) in [4.78, 5) is 14.0. The van der Waals surface area contributed by atoms with Crippen molar-refractivity contribution >= 4 is 5.91 Å². The van der Waals surface area contributed by atoms with Crippen LogP contribution in [-0.4, -0.2) is 33.2 Å². The number of fused-ring (bicyclic) bond motifs is 1. The fraction of sp³-hybridized carbons (Fsp3) is 0.320. The van der Waals surface area contributed by atoms with Crippen LogP contribution in [0.4, 0.5) is 0 Å². The van der Waals surface area contributed by atoms with Crippen LogP contribution in [0.3, 0.4) is 0 Å². The molecule has 31 heavy (non-hydrogen) atoms. The number of carbonyl (C=O) groups is 1. The summed E-state index contributed by atoms with van der Waals surface area (Å²) in [5.74, 6) is 1.57. The summed E-state index contributed by atoms with van der Waals surface area (Å²) >= 11 is 0. The van der Waals surface area contributed by atoms with E-state index in [1.54, 1.807) is 26.4 Å². The smallest absolute Gasteiger partial charge is 0.287 e. The van der Waals surface area contributed by atoms with E-state index in [-0.39, 0.29) is 11.9 Å². The van der Waals surface area contributed by atoms with E-state index in [1.807, 2.05) is 0 Å². The van der Waals surface area contributed by atoms with Crippen LogP contribution in [0.5, 0.6) is 11.5 Å². The highest BCUT2D eigenvalue weighted by Gasteiger charge is 2.33. The van der Waals surface area contributed by atoms with Crippen molar-refractivity contribution < 1.29 is 23.6 Å². The molecule has 0 fully saturated rings. The van der Waals surface area contributed by atoms with Gasteiger partial charge in [0.05, 0.1) is 33.6 Å². The average Bonchev–Trinajstić information content (AvgIpc) is 3.33. The fourth-order valence-electron chi connectivity index (χ4n) is 4.38. The van der Waals surface area contributed by atoms with E-state index in [0.29, 0.717) is 18.1 Å². The molecule has 0 spiro atoms. The molecule has 0 bridgehead atoms. The molecule has 1 aliphatic rings. The quantitative estimate of drug-likeness (QED) is 0.616. The van der Waals surface area contributed by atoms with E-state index >= 15 is 0 Å². The molecule has 4 rings (SSSR count). The number of amides is 1. The molecule has 1 amide bonds. The summed E-state index contributed by atoms with van der Waals surface area (Å²) in [5.41, 5.74) is 5.03. The number of aryl methyl sites for hydroxylation is 1. The van der Waals surface area contributed by atoms with Gasteiger partial charge in [-0.05, 0) is 42.3 Å². The first-order valence-electron chi connectivity index (χ1n) is 10.6. The lowest BCUT2D eigenvalue weighted by atomic mass is 9.91. The van der Waals surface area contributed by atoms with Crippen molar-refractivity contribution in [2.24, 2.45) is 0 Å². The van der Waals surface area contributed by atoms with Gasteiger partial charge in [-0.25, -0.2) is 0 Å². The van der Waals surface area contributed by atoms with Crippen LogP contribution in [0, 0.1) is 6.92 Å². The molecule has 2 atom stereocenters. The van der Waals surface area contributed by atoms with Crippen molar-refractivity contribution in [3.63, 3.8) is 0 Å². The van der Waals surface area contributed by atoms with Crippen molar-refractivity contribution in [1.82, 2.24) is 5.32 Å². The molecule has 1 unspecified atom stereocenters. The molecule has 6 nitrogen and oxygen atoms in total. The Morgan fingerprint density at radius 3 is 2.61 bits per heavy atom. The molecular formula is C25H29N2O4+. The molecule has 3 aromatic rings. The average molecular weight is 422 g/mol. The predicted molar refractivity (Wildman–Crippen MR) is 118 cm³/mol. The summed E-state index contributed by atoms with van der Waals surface area (Å²) in [6, 6.07) is 16.1. The number of benzene rings is 2. The number of methoxy groups -OCH3 is 2. The second kappa shape index (κ2) is 9.27. The van der Waals surface area contributed by atoms with Gasteiger partial charge in [-0.1, -0.05) is 24.3 Å². The largest absolute Gasteiger partial charge is 0.493 e. The maximum Gasteiger partial charge on any atom is 0.287 e. The van der Waals surface area contributed by atoms with Gasteiger partial charge in [0.2, 0.25) is 0 Å². The number of furan rings is 1. The Balaban J connectivity index is 1.65. The second-order valence-corrected chi connectivity index (χ2v) is 7.91. The first kappa shape index (κ1) is 21.0. The van der Waals surface area contributed by atoms with Gasteiger partial charge < -0.3 is 24.1 Å². The van der Waals surface area contributed by atoms with E-state index in [2.05, 4.69) is 48.6 Å². The Morgan fingerprint density at radius 2 is 1.90 bits per heavy atom. The molecular weight excluding hydrogens is 392 g/mol. The minimum Gasteiger partial charge on any atom is -0.493 e. The highest BCUT2D eigenvalue weighted by molar-refractivity contribution is 5.91. The molecule has 1 aromatic heterocycles. The molecule has 2 N–H and O–H groups in total. The third kappa shape index (κ3) is 4.44. The van der Waals surface area contributed by atoms with Crippen LogP contribution in [-0.2, 0) is 13.0 Å². The summed E-state index contributed by atoms with van der Waals surface area (Å²) in [6.45, 7) is 4.51. The Labute approximate surface area is 182 Å². The zero-order chi connectivity index (χ0) is 21.8. The number of hydrogen-bond donors (Lipinski definition) is 2. The van der Waals surface area contributed by atoms with E-state index in [0.717, 1.165) is 25.3 Å². The lowest BCUT2D eigenvalue weighted by Gasteiger charge is -2.35. The summed E-state index contributed by atoms with van der Waals surface area (Å²) in [7, 11) is 3.31. The fourth-order valence-corrected chi connectivity index (χ4v) is 4.38. The van der Waals surface area contributed by atoms with Crippen molar-refractivity contribution in [1.29, 1.82) is 0 Å². The third-order valence-electron chi connectivity index (χ3n) is 6.12. The van der Waals surface area contributed by atoms with Crippen molar-refractivity contribution in [2.45, 2.75) is 25.9 Å². The lowest BCUT2D eigenvalue weighted by Crippen LogP contribution is -3.12. The first-order chi connectivity index (χ1) is 15.1. The second-order valence-electron chi connectivity index (χ2n) is 7.91. The minimum atomic E-state index is -0.201. The van der Waals surface area contributed by atoms with Crippen LogP contribution in [0.25, 0.3) is 0 Å². The molecule has 0 radical (unpaired) electrons. The van der Waals surface area contributed by atoms with Gasteiger partial charge >= 0.3 is 0 Å². The highest BCUT2D eigenvalue weighted by Crippen LogP contribution is 2.34. The molecule has 2 aromatic carbocycles. The van der Waals surface area contributed by atoms with E-state index in [1.165, 1.54) is 33.4 Å². The molecule has 1 aliphatic heterocycles. The van der Waals surface area contributed by atoms with E-state index in [4.69, 9.17) is 13.9 Å². The van der Waals surface area contributed by atoms with Crippen LogP contribution in [0.15, 0.2) is 59.2 Å². The number of quaternary nitrogens is 1. The summed E-state index contributed by atoms with van der Waals surface area (Å²) in [6.07, 6.45) is 2.46. The van der Waals surface area contributed by atoms with Crippen molar-refractivity contribution in [3.05, 3.63) is 82.8 Å². The molecule has 6 heteroatoms. The molecule has 2 heterocycles. The van der Waals surface area contributed by atoms with Crippen molar-refractivity contribution in [2.75, 3.05) is 27.3 Å². The SMILES string of the molecule is COc1cc2c(cc1OC)[C@@H](CNC(=O)c1ccco1)[NH+](Cc1ccccc1C)CC2. The lowest BCUT2D eigenvalue weighted by molar-refractivity contribution is -0.945. The number of hydrogen-bond acceptors (Lipinski definition) is 4. The van der Waals surface area contributed by atoms with E-state index in [9.17, 15) is 4.79 Å². The van der Waals surface area contributed by atoms with Gasteiger partial charge in [0.25, 0.3) is 5.91 Å². The third-order valence-corrected chi connectivity index (χ3v) is 6.12. The minimum absolute atomic E-state index is 0.0853. The van der Waals surface area contributed by atoms with Crippen molar-refractivity contribution in [3.8, 4) is 11.5 Å². The van der Waals surface area contributed by atoms with Gasteiger partial charge in [0.1, 0.15) is 12.6 Å². The van der Waals surface area contributed by atoms with Crippen LogP contribution in [0.1, 0.15) is 38.9 Å². The summed E-state index contributed by atoms with van der Waals surface area (Å²) < 4.78 is 16.3. The zero-order valence-electron chi connectivity index (χ0n) is 18.2. The number of carbonyl (C=O) groups excluding carboxylic acids is 1. The Bertz CT molecular complexity index is 1050. The highest BCUT2D eigenvalue weighted by atomic mass is 16.5. The Kier molecular flexibility index (Phi) is 6.28. The molecule has 0 saturated heterocycles. The van der Waals surface area contributed by atoms with Crippen LogP contribution in [0.2, 0.25) is 0 Å². The first-order valence-corrected chi connectivity index (χ1v) is 10.6. The molecule has 0 saturated carbocycles. The Hall–Kier alpha value is -3.25. The predicted octanol–water partition coefficient (Wildman–Crippen LogP) is 2.72. The number of rotatable bonds is 7. The van der Waals surface area contributed by atoms with Gasteiger partial charge in [-0.3, -0.25) is 4.79 Å². The topological polar surface area (TPSA) is 65.1 Å². The van der Waals surface area contributed by atoms with Gasteiger partial charge in [0, 0.05) is 17.5 Å². The van der Waals surface area contributed by atoms with Gasteiger partial charge in [-0.2, -0.15) is 0 Å². The van der Waals surface area contributed by atoms with Crippen LogP contribution < -0.4 is 19.7 Å². The van der Waals surface area contributed by atoms with Crippen LogP contribution >= 0.6 is 0 Å². The number of ether oxygens (including phenoxy) is 2. The zero-order valence-corrected chi connectivity index (χ0v) is 18.2. The van der Waals surface area contributed by atoms with Gasteiger partial charge in [-0.15, -0.1) is 0 Å². The summed E-state index contributed by atoms with van der Waals surface area (Å²) in [5, 5.41) is 3.07. The molecule has 162 valence electrons.